The first-order valence-electron chi connectivity index (χ1n) is 9.63. The van der Waals surface area contributed by atoms with Gasteiger partial charge in [-0.3, -0.25) is 14.5 Å². The number of pyridine rings is 1. The van der Waals surface area contributed by atoms with Crippen molar-refractivity contribution in [3.8, 4) is 0 Å². The maximum atomic E-state index is 13.0. The predicted molar refractivity (Wildman–Crippen MR) is 118 cm³/mol. The molecule has 154 valence electrons. The second-order valence-electron chi connectivity index (χ2n) is 7.05. The number of amides is 2. The maximum absolute atomic E-state index is 13.0. The molecule has 6 nitrogen and oxygen atoms in total. The molecule has 0 saturated carbocycles. The Balaban J connectivity index is 1.38. The van der Waals surface area contributed by atoms with Crippen LogP contribution in [0.25, 0.3) is 6.08 Å². The molecule has 8 heteroatoms. The normalized spacial score (nSPS) is 18.2. The Kier molecular flexibility index (Phi) is 6.18. The number of benzene rings is 1. The Morgan fingerprint density at radius 1 is 0.933 bits per heavy atom. The summed E-state index contributed by atoms with van der Waals surface area (Å²) < 4.78 is 0. The highest BCUT2D eigenvalue weighted by molar-refractivity contribution is 6.52. The van der Waals surface area contributed by atoms with Gasteiger partial charge in [-0.05, 0) is 17.7 Å². The summed E-state index contributed by atoms with van der Waals surface area (Å²) in [7, 11) is 0. The van der Waals surface area contributed by atoms with Crippen molar-refractivity contribution >= 4 is 46.8 Å². The fourth-order valence-electron chi connectivity index (χ4n) is 3.56. The Hall–Kier alpha value is -2.67. The van der Waals surface area contributed by atoms with Gasteiger partial charge in [-0.15, -0.1) is 0 Å². The lowest BCUT2D eigenvalue weighted by atomic mass is 10.2. The van der Waals surface area contributed by atoms with Gasteiger partial charge >= 0.3 is 0 Å². The van der Waals surface area contributed by atoms with Gasteiger partial charge in [0.1, 0.15) is 15.9 Å². The first kappa shape index (κ1) is 20.6. The second kappa shape index (κ2) is 9.00. The molecule has 1 aromatic carbocycles. The lowest BCUT2D eigenvalue weighted by Crippen LogP contribution is -2.47. The zero-order valence-corrected chi connectivity index (χ0v) is 17.7. The third kappa shape index (κ3) is 4.26. The molecule has 3 heterocycles. The molecule has 1 aromatic heterocycles. The Bertz CT molecular complexity index is 998. The molecule has 0 unspecified atom stereocenters. The van der Waals surface area contributed by atoms with Crippen molar-refractivity contribution in [2.75, 3.05) is 37.6 Å². The minimum Gasteiger partial charge on any atom is -0.363 e. The molecule has 2 aromatic rings. The molecule has 0 radical (unpaired) electrons. The first-order chi connectivity index (χ1) is 14.5. The summed E-state index contributed by atoms with van der Waals surface area (Å²) >= 11 is 12.1. The molecule has 2 aliphatic rings. The topological polar surface area (TPSA) is 56.8 Å². The molecule has 0 bridgehead atoms. The van der Waals surface area contributed by atoms with Crippen LogP contribution in [0.3, 0.4) is 0 Å². The van der Waals surface area contributed by atoms with Crippen LogP contribution in [-0.2, 0) is 9.59 Å². The van der Waals surface area contributed by atoms with Crippen LogP contribution in [0.2, 0.25) is 5.15 Å². The van der Waals surface area contributed by atoms with E-state index in [0.717, 1.165) is 24.5 Å². The van der Waals surface area contributed by atoms with E-state index in [2.05, 4.69) is 34.2 Å². The average Bonchev–Trinajstić information content (AvgIpc) is 2.99. The van der Waals surface area contributed by atoms with Crippen LogP contribution in [0, 0.1) is 0 Å². The number of halogens is 2. The number of hydrogen-bond donors (Lipinski definition) is 0. The van der Waals surface area contributed by atoms with Gasteiger partial charge in [0, 0.05) is 32.7 Å². The van der Waals surface area contributed by atoms with E-state index in [0.29, 0.717) is 18.8 Å². The van der Waals surface area contributed by atoms with Crippen molar-refractivity contribution in [2.24, 2.45) is 0 Å². The lowest BCUT2D eigenvalue weighted by Gasteiger charge is -2.35. The van der Waals surface area contributed by atoms with Crippen LogP contribution in [-0.4, -0.2) is 59.3 Å². The first-order valence-corrected chi connectivity index (χ1v) is 10.4. The molecule has 1 saturated heterocycles. The fraction of sp³-hybridized carbons (Fsp3) is 0.227. The third-order valence-corrected chi connectivity index (χ3v) is 5.70. The standard InChI is InChI=1S/C22H20Cl2N4O2/c23-18-9-8-17(15-25-18)28-21(29)19(24)20(22(28)30)27-13-11-26(12-14-27)10-4-7-16-5-2-1-3-6-16/h1-9,15H,10-14H2/b7-4+. The highest BCUT2D eigenvalue weighted by atomic mass is 35.5. The maximum Gasteiger partial charge on any atom is 0.283 e. The number of carbonyl (C=O) groups is 2. The number of aromatic nitrogens is 1. The summed E-state index contributed by atoms with van der Waals surface area (Å²) in [5, 5.41) is 0.238. The second-order valence-corrected chi connectivity index (χ2v) is 7.81. The molecule has 2 aliphatic heterocycles. The van der Waals surface area contributed by atoms with Gasteiger partial charge in [0.05, 0.1) is 11.9 Å². The molecule has 0 N–H and O–H groups in total. The van der Waals surface area contributed by atoms with Crippen LogP contribution >= 0.6 is 23.2 Å². The number of anilines is 1. The number of carbonyl (C=O) groups excluding carboxylic acids is 2. The average molecular weight is 443 g/mol. The van der Waals surface area contributed by atoms with Crippen LogP contribution in [0.1, 0.15) is 5.56 Å². The number of nitrogens with zero attached hydrogens (tertiary/aromatic N) is 4. The Morgan fingerprint density at radius 3 is 2.33 bits per heavy atom. The molecule has 0 atom stereocenters. The van der Waals surface area contributed by atoms with Crippen LogP contribution in [0.15, 0.2) is 65.5 Å². The highest BCUT2D eigenvalue weighted by Crippen LogP contribution is 2.31. The van der Waals surface area contributed by atoms with Gasteiger partial charge in [-0.1, -0.05) is 65.7 Å². The Labute approximate surface area is 185 Å². The van der Waals surface area contributed by atoms with E-state index >= 15 is 0 Å². The molecule has 2 amide bonds. The monoisotopic (exact) mass is 442 g/mol. The quantitative estimate of drug-likeness (QED) is 0.524. The van der Waals surface area contributed by atoms with Gasteiger partial charge in [0.15, 0.2) is 0 Å². The number of rotatable bonds is 5. The summed E-state index contributed by atoms with van der Waals surface area (Å²) in [6.07, 6.45) is 5.63. The van der Waals surface area contributed by atoms with Gasteiger partial charge in [-0.2, -0.15) is 0 Å². The summed E-state index contributed by atoms with van der Waals surface area (Å²) in [5.74, 6) is -0.958. The lowest BCUT2D eigenvalue weighted by molar-refractivity contribution is -0.121. The zero-order valence-electron chi connectivity index (χ0n) is 16.2. The smallest absolute Gasteiger partial charge is 0.283 e. The number of imide groups is 1. The largest absolute Gasteiger partial charge is 0.363 e. The van der Waals surface area contributed by atoms with E-state index in [1.54, 1.807) is 6.07 Å². The van der Waals surface area contributed by atoms with E-state index in [1.165, 1.54) is 17.8 Å². The fourth-order valence-corrected chi connectivity index (χ4v) is 3.95. The SMILES string of the molecule is O=C1C(Cl)=C(N2CCN(C/C=C/c3ccccc3)CC2)C(=O)N1c1ccc(Cl)nc1. The van der Waals surface area contributed by atoms with Crippen molar-refractivity contribution in [2.45, 2.75) is 0 Å². The van der Waals surface area contributed by atoms with Crippen molar-refractivity contribution in [1.82, 2.24) is 14.8 Å². The van der Waals surface area contributed by atoms with E-state index in [-0.39, 0.29) is 15.9 Å². The van der Waals surface area contributed by atoms with Crippen molar-refractivity contribution < 1.29 is 9.59 Å². The molecular formula is C22H20Cl2N4O2. The van der Waals surface area contributed by atoms with E-state index < -0.39 is 11.8 Å². The van der Waals surface area contributed by atoms with Crippen molar-refractivity contribution in [1.29, 1.82) is 0 Å². The predicted octanol–water partition coefficient (Wildman–Crippen LogP) is 3.39. The minimum absolute atomic E-state index is 0.0487. The summed E-state index contributed by atoms with van der Waals surface area (Å²) in [6, 6.07) is 13.3. The molecular weight excluding hydrogens is 423 g/mol. The van der Waals surface area contributed by atoms with Gasteiger partial charge in [-0.25, -0.2) is 9.88 Å². The minimum atomic E-state index is -0.533. The van der Waals surface area contributed by atoms with Crippen LogP contribution in [0.4, 0.5) is 5.69 Å². The van der Waals surface area contributed by atoms with Crippen LogP contribution < -0.4 is 4.90 Å². The van der Waals surface area contributed by atoms with Gasteiger partial charge < -0.3 is 4.90 Å². The molecule has 30 heavy (non-hydrogen) atoms. The third-order valence-electron chi connectivity index (χ3n) is 5.14. The summed E-state index contributed by atoms with van der Waals surface area (Å²) in [4.78, 5) is 34.7. The molecule has 4 rings (SSSR count). The Morgan fingerprint density at radius 2 is 1.67 bits per heavy atom. The molecule has 0 spiro atoms. The molecule has 0 aliphatic carbocycles. The van der Waals surface area contributed by atoms with E-state index in [9.17, 15) is 9.59 Å². The number of piperazine rings is 1. The van der Waals surface area contributed by atoms with Crippen LogP contribution in [0.5, 0.6) is 0 Å². The van der Waals surface area contributed by atoms with Crippen molar-refractivity contribution in [3.05, 3.63) is 76.2 Å². The summed E-state index contributed by atoms with van der Waals surface area (Å²) in [5.41, 5.74) is 1.78. The number of hydrogen-bond acceptors (Lipinski definition) is 5. The summed E-state index contributed by atoms with van der Waals surface area (Å²) in [6.45, 7) is 3.62. The van der Waals surface area contributed by atoms with Crippen molar-refractivity contribution in [3.63, 3.8) is 0 Å². The zero-order chi connectivity index (χ0) is 21.1. The van der Waals surface area contributed by atoms with E-state index in [1.807, 2.05) is 23.1 Å². The van der Waals surface area contributed by atoms with Gasteiger partial charge in [0.25, 0.3) is 11.8 Å². The van der Waals surface area contributed by atoms with Gasteiger partial charge in [0.2, 0.25) is 0 Å². The molecule has 1 fully saturated rings. The van der Waals surface area contributed by atoms with E-state index in [4.69, 9.17) is 23.2 Å². The highest BCUT2D eigenvalue weighted by Gasteiger charge is 2.42.